The molecule has 0 unspecified atom stereocenters. The fraction of sp³-hybridized carbons (Fsp3) is 0.311. The van der Waals surface area contributed by atoms with E-state index < -0.39 is 84.7 Å². The van der Waals surface area contributed by atoms with E-state index in [1.54, 1.807) is 21.3 Å². The number of hydrogen-bond acceptors (Lipinski definition) is 2. The Morgan fingerprint density at radius 3 is 2.24 bits per heavy atom. The van der Waals surface area contributed by atoms with Gasteiger partial charge in [0.05, 0.1) is 20.8 Å². The van der Waals surface area contributed by atoms with Crippen LogP contribution in [0, 0.1) is 18.5 Å². The van der Waals surface area contributed by atoms with Crippen LogP contribution in [0.15, 0.2) is 127 Å². The van der Waals surface area contributed by atoms with Crippen LogP contribution >= 0.6 is 0 Å². The van der Waals surface area contributed by atoms with E-state index in [4.69, 9.17) is 26.2 Å². The van der Waals surface area contributed by atoms with Crippen LogP contribution in [-0.4, -0.2) is 14.1 Å². The summed E-state index contributed by atoms with van der Waals surface area (Å²) in [6.07, 6.45) is 5.18. The molecule has 0 saturated carbocycles. The summed E-state index contributed by atoms with van der Waals surface area (Å²) in [5.74, 6) is 1.51. The Hall–Kier alpha value is -5.77. The van der Waals surface area contributed by atoms with Gasteiger partial charge in [0.25, 0.3) is 6.33 Å². The van der Waals surface area contributed by atoms with Crippen LogP contribution < -0.4 is 9.30 Å². The van der Waals surface area contributed by atoms with Crippen molar-refractivity contribution >= 4 is 32.8 Å². The number of pyridine rings is 1. The zero-order chi connectivity index (χ0) is 58.7. The van der Waals surface area contributed by atoms with Crippen molar-refractivity contribution in [3.63, 3.8) is 0 Å². The molecule has 0 saturated heterocycles. The third-order valence-electron chi connectivity index (χ3n) is 13.8. The molecule has 0 spiro atoms. The Balaban J connectivity index is 0.00000753. The maximum Gasteiger partial charge on any atom is 0.268 e. The first-order valence-corrected chi connectivity index (χ1v) is 22.5. The van der Waals surface area contributed by atoms with Crippen LogP contribution in [0.3, 0.4) is 0 Å². The number of aromatic nitrogens is 4. The van der Waals surface area contributed by atoms with Crippen molar-refractivity contribution in [2.45, 2.75) is 122 Å². The van der Waals surface area contributed by atoms with Gasteiger partial charge in [-0.05, 0) is 121 Å². The van der Waals surface area contributed by atoms with Gasteiger partial charge >= 0.3 is 0 Å². The number of para-hydroxylation sites is 3. The first kappa shape index (κ1) is 30.6. The summed E-state index contributed by atoms with van der Waals surface area (Å²) in [5, 5.41) is 1.99. The van der Waals surface area contributed by atoms with Gasteiger partial charge in [-0.25, -0.2) is 4.98 Å². The molecule has 3 heterocycles. The van der Waals surface area contributed by atoms with Crippen molar-refractivity contribution < 1.29 is 50.9 Å². The van der Waals surface area contributed by atoms with Crippen molar-refractivity contribution in [2.75, 3.05) is 0 Å². The monoisotopic (exact) mass is 1070 g/mol. The fourth-order valence-electron chi connectivity index (χ4n) is 10.3. The van der Waals surface area contributed by atoms with Gasteiger partial charge in [0.15, 0.2) is 0 Å². The first-order chi connectivity index (χ1) is 37.6. The van der Waals surface area contributed by atoms with Crippen molar-refractivity contribution in [3.8, 4) is 39.8 Å². The average molecular weight is 1080 g/mol. The quantitative estimate of drug-likeness (QED) is 0.123. The van der Waals surface area contributed by atoms with Gasteiger partial charge < -0.3 is 13.9 Å². The standard InChI is InChI=1S/C61H60N4O.Pt/c1-57(2,3)40-29-32-62-54(34-40)65-49-20-13-12-19-44(49)45-25-24-43(36-53(45)65)66-42-18-16-17-41(35-42)63-38-64(51-22-15-14-21-50(51)63)52-28-27-47-56(59(6,7)31-30-58(47,4)5)55(52)39-23-26-46-48(33-39)61(10,11)37-60(46,8)9;/h12-29,32-34H,30-31,37H2,1-11H3;/q-2;/i8D3,9D3,10D3,11D3,23D,26D,33D;. The third-order valence-corrected chi connectivity index (χ3v) is 13.8. The summed E-state index contributed by atoms with van der Waals surface area (Å²) in [7, 11) is 0. The molecular weight excluding hydrogens is 1000 g/mol. The molecule has 0 fully saturated rings. The van der Waals surface area contributed by atoms with Crippen molar-refractivity contribution in [3.05, 3.63) is 174 Å². The van der Waals surface area contributed by atoms with E-state index in [0.29, 0.717) is 45.9 Å². The maximum absolute atomic E-state index is 10.3. The molecule has 0 aliphatic heterocycles. The van der Waals surface area contributed by atoms with E-state index in [0.717, 1.165) is 45.2 Å². The van der Waals surface area contributed by atoms with Crippen LogP contribution in [-0.2, 0) is 48.1 Å². The molecule has 0 amide bonds. The van der Waals surface area contributed by atoms with E-state index in [1.165, 1.54) is 0 Å². The average Bonchev–Trinajstić information content (AvgIpc) is 1.50. The molecule has 6 heteroatoms. The molecule has 6 aromatic carbocycles. The second-order valence-electron chi connectivity index (χ2n) is 20.5. The molecule has 342 valence electrons. The van der Waals surface area contributed by atoms with Gasteiger partial charge in [0.1, 0.15) is 5.82 Å². The molecule has 67 heavy (non-hydrogen) atoms. The summed E-state index contributed by atoms with van der Waals surface area (Å²) in [6, 6.07) is 37.1. The third kappa shape index (κ3) is 7.39. The van der Waals surface area contributed by atoms with Crippen LogP contribution in [0.4, 0.5) is 0 Å². The summed E-state index contributed by atoms with van der Waals surface area (Å²) >= 11 is 0. The normalized spacial score (nSPS) is 20.8. The van der Waals surface area contributed by atoms with Crippen molar-refractivity contribution in [1.29, 1.82) is 0 Å². The Labute approximate surface area is 432 Å². The second-order valence-corrected chi connectivity index (χ2v) is 20.5. The minimum Gasteiger partial charge on any atom is -0.510 e. The SMILES string of the molecule is [2H]c1c([2H])c2c(c([2H])c1-c1c(-[n+]3[c-]n(-c4[c-]c(Oc5[c-]c6c(cc5)c5ccccc5n6-c5cc(C(C)(C)C)ccn5)ccc4)c4ccccc43)ccc3c1C(C)(C)CCC3(C)C)C(C([2H])([2H])[2H])(C([2H])([2H])[2H])CC2(C([2H])([2H])[2H])C([2H])([2H])[2H].[Pt]. The van der Waals surface area contributed by atoms with E-state index in [9.17, 15) is 4.11 Å². The number of nitrogens with zero attached hydrogens (tertiary/aromatic N) is 4. The summed E-state index contributed by atoms with van der Waals surface area (Å²) in [4.78, 5) is 4.81. The van der Waals surface area contributed by atoms with E-state index >= 15 is 0 Å². The molecule has 5 nitrogen and oxygen atoms in total. The largest absolute Gasteiger partial charge is 0.510 e. The van der Waals surface area contributed by atoms with Gasteiger partial charge in [-0.2, -0.15) is 18.2 Å². The Kier molecular flexibility index (Phi) is 7.14. The molecule has 0 atom stereocenters. The predicted octanol–water partition coefficient (Wildman–Crippen LogP) is 14.9. The Morgan fingerprint density at radius 2 is 1.45 bits per heavy atom. The number of imidazole rings is 1. The first-order valence-electron chi connectivity index (χ1n) is 30.0. The summed E-state index contributed by atoms with van der Waals surface area (Å²) in [6.45, 7) is 0.105. The minimum absolute atomic E-state index is 0. The van der Waals surface area contributed by atoms with Gasteiger partial charge in [-0.15, -0.1) is 29.7 Å². The number of benzene rings is 6. The van der Waals surface area contributed by atoms with Gasteiger partial charge in [0, 0.05) is 60.7 Å². The van der Waals surface area contributed by atoms with E-state index in [2.05, 4.69) is 75.8 Å². The smallest absolute Gasteiger partial charge is 0.268 e. The number of ether oxygens (including phenoxy) is 1. The van der Waals surface area contributed by atoms with Crippen LogP contribution in [0.2, 0.25) is 0 Å². The molecule has 3 aromatic heterocycles. The molecular formula is C61H60N4OPt-2. The zero-order valence-electron chi connectivity index (χ0n) is 53.5. The fourth-order valence-corrected chi connectivity index (χ4v) is 10.3. The van der Waals surface area contributed by atoms with E-state index in [1.807, 2.05) is 92.8 Å². The van der Waals surface area contributed by atoms with Crippen LogP contribution in [0.1, 0.15) is 144 Å². The molecule has 11 rings (SSSR count). The van der Waals surface area contributed by atoms with Gasteiger partial charge in [0.2, 0.25) is 0 Å². The zero-order valence-corrected chi connectivity index (χ0v) is 40.8. The van der Waals surface area contributed by atoms with E-state index in [-0.39, 0.29) is 37.6 Å². The minimum atomic E-state index is -3.64. The molecule has 0 radical (unpaired) electrons. The Bertz CT molecular complexity index is 4040. The maximum atomic E-state index is 10.3. The summed E-state index contributed by atoms with van der Waals surface area (Å²) < 4.78 is 148. The molecule has 2 aliphatic rings. The number of fused-ring (bicyclic) bond motifs is 6. The van der Waals surface area contributed by atoms with Gasteiger partial charge in [-0.1, -0.05) is 148 Å². The Morgan fingerprint density at radius 1 is 0.716 bits per heavy atom. The summed E-state index contributed by atoms with van der Waals surface area (Å²) in [5.41, 5.74) is -3.49. The predicted molar refractivity (Wildman–Crippen MR) is 270 cm³/mol. The van der Waals surface area contributed by atoms with Crippen LogP contribution in [0.25, 0.3) is 61.2 Å². The van der Waals surface area contributed by atoms with Crippen LogP contribution in [0.5, 0.6) is 11.5 Å². The molecule has 0 N–H and O–H groups in total. The molecule has 0 bridgehead atoms. The van der Waals surface area contributed by atoms with Gasteiger partial charge in [-0.3, -0.25) is 4.57 Å². The number of rotatable bonds is 6. The van der Waals surface area contributed by atoms with Crippen molar-refractivity contribution in [1.82, 2.24) is 14.1 Å². The second kappa shape index (κ2) is 15.6. The topological polar surface area (TPSA) is 35.9 Å². The molecule has 2 aliphatic carbocycles. The molecule has 9 aromatic rings. The number of hydrogen-bond donors (Lipinski definition) is 0. The van der Waals surface area contributed by atoms with Crippen molar-refractivity contribution in [2.24, 2.45) is 0 Å².